The highest BCUT2D eigenvalue weighted by molar-refractivity contribution is 6.48. The first-order valence-corrected chi connectivity index (χ1v) is 11.4. The molecular formula is C25H18Cl2F3N3O3. The smallest absolute Gasteiger partial charge is 0.432 e. The number of fused-ring (bicyclic) bond motifs is 1. The molecule has 2 aromatic carbocycles. The first-order chi connectivity index (χ1) is 17.1. The summed E-state index contributed by atoms with van der Waals surface area (Å²) in [4.78, 5) is 29.9. The SMILES string of the molecule is CCOc1ccc2c(c1)c(C(=O)C(=O)Nc1ccccn1)c(C(F)(F)F)n2Cc1ccc(Cl)cc1Cl. The van der Waals surface area contributed by atoms with Crippen molar-refractivity contribution in [3.8, 4) is 5.75 Å². The number of halogens is 5. The minimum Gasteiger partial charge on any atom is -0.494 e. The number of alkyl halides is 3. The van der Waals surface area contributed by atoms with Crippen molar-refractivity contribution in [2.24, 2.45) is 0 Å². The van der Waals surface area contributed by atoms with Crippen molar-refractivity contribution in [2.75, 3.05) is 11.9 Å². The number of hydrogen-bond donors (Lipinski definition) is 1. The number of amides is 1. The minimum absolute atomic E-state index is 0.0242. The maximum absolute atomic E-state index is 14.5. The number of ketones is 1. The summed E-state index contributed by atoms with van der Waals surface area (Å²) in [6, 6.07) is 13.2. The van der Waals surface area contributed by atoms with Crippen LogP contribution in [0.3, 0.4) is 0 Å². The molecule has 0 atom stereocenters. The van der Waals surface area contributed by atoms with Crippen molar-refractivity contribution in [3.63, 3.8) is 0 Å². The number of hydrogen-bond acceptors (Lipinski definition) is 4. The number of ether oxygens (including phenoxy) is 1. The van der Waals surface area contributed by atoms with Crippen LogP contribution in [0.4, 0.5) is 19.0 Å². The molecule has 0 unspecified atom stereocenters. The van der Waals surface area contributed by atoms with E-state index in [0.29, 0.717) is 10.6 Å². The molecule has 0 saturated carbocycles. The third kappa shape index (κ3) is 5.17. The van der Waals surface area contributed by atoms with Crippen LogP contribution in [0.25, 0.3) is 10.9 Å². The second-order valence-electron chi connectivity index (χ2n) is 7.65. The third-order valence-corrected chi connectivity index (χ3v) is 5.88. The van der Waals surface area contributed by atoms with Gasteiger partial charge in [0.2, 0.25) is 0 Å². The van der Waals surface area contributed by atoms with Gasteiger partial charge in [0.15, 0.2) is 0 Å². The topological polar surface area (TPSA) is 73.2 Å². The van der Waals surface area contributed by atoms with Crippen LogP contribution in [0.15, 0.2) is 60.8 Å². The number of benzene rings is 2. The first-order valence-electron chi connectivity index (χ1n) is 10.7. The molecule has 0 bridgehead atoms. The van der Waals surface area contributed by atoms with E-state index >= 15 is 0 Å². The van der Waals surface area contributed by atoms with E-state index in [-0.39, 0.29) is 40.6 Å². The summed E-state index contributed by atoms with van der Waals surface area (Å²) in [5.41, 5.74) is -1.66. The standard InChI is InChI=1S/C25H18Cl2F3N3O3/c1-2-36-16-8-9-19-17(12-16)21(22(34)24(35)32-20-5-3-4-10-31-20)23(25(28,29)30)33(19)13-14-6-7-15(26)11-18(14)27/h3-12H,2,13H2,1H3,(H,31,32,35). The van der Waals surface area contributed by atoms with Crippen molar-refractivity contribution in [2.45, 2.75) is 19.6 Å². The number of aromatic nitrogens is 2. The van der Waals surface area contributed by atoms with Crippen LogP contribution in [0.1, 0.15) is 28.5 Å². The Morgan fingerprint density at radius 1 is 1.08 bits per heavy atom. The molecular weight excluding hydrogens is 518 g/mol. The number of carbonyl (C=O) groups is 2. The van der Waals surface area contributed by atoms with Crippen LogP contribution in [0.2, 0.25) is 10.0 Å². The van der Waals surface area contributed by atoms with Crippen LogP contribution in [0, 0.1) is 0 Å². The second kappa shape index (κ2) is 10.2. The van der Waals surface area contributed by atoms with Gasteiger partial charge in [-0.3, -0.25) is 9.59 Å². The highest BCUT2D eigenvalue weighted by Crippen LogP contribution is 2.40. The molecule has 0 fully saturated rings. The summed E-state index contributed by atoms with van der Waals surface area (Å²) in [5.74, 6) is -2.35. The van der Waals surface area contributed by atoms with Crippen molar-refractivity contribution >= 4 is 51.6 Å². The Bertz CT molecular complexity index is 1450. The molecule has 0 aliphatic rings. The average Bonchev–Trinajstić information content (AvgIpc) is 3.15. The highest BCUT2D eigenvalue weighted by atomic mass is 35.5. The third-order valence-electron chi connectivity index (χ3n) is 5.30. The number of rotatable bonds is 7. The summed E-state index contributed by atoms with van der Waals surface area (Å²) in [7, 11) is 0. The van der Waals surface area contributed by atoms with Gasteiger partial charge in [-0.2, -0.15) is 13.2 Å². The van der Waals surface area contributed by atoms with E-state index in [0.717, 1.165) is 4.57 Å². The van der Waals surface area contributed by atoms with Crippen LogP contribution in [-0.2, 0) is 17.5 Å². The Hall–Kier alpha value is -3.56. The van der Waals surface area contributed by atoms with Gasteiger partial charge in [0.25, 0.3) is 11.7 Å². The molecule has 2 aromatic heterocycles. The Balaban J connectivity index is 1.93. The van der Waals surface area contributed by atoms with Crippen LogP contribution >= 0.6 is 23.2 Å². The van der Waals surface area contributed by atoms with Crippen molar-refractivity contribution in [1.82, 2.24) is 9.55 Å². The van der Waals surface area contributed by atoms with Gasteiger partial charge in [0.1, 0.15) is 17.3 Å². The molecule has 11 heteroatoms. The van der Waals surface area contributed by atoms with E-state index in [1.165, 1.54) is 48.7 Å². The van der Waals surface area contributed by atoms with Crippen molar-refractivity contribution in [3.05, 3.63) is 87.7 Å². The predicted molar refractivity (Wildman–Crippen MR) is 131 cm³/mol. The van der Waals surface area contributed by atoms with Gasteiger partial charge >= 0.3 is 6.18 Å². The maximum atomic E-state index is 14.5. The molecule has 2 heterocycles. The monoisotopic (exact) mass is 535 g/mol. The fourth-order valence-electron chi connectivity index (χ4n) is 3.82. The van der Waals surface area contributed by atoms with Gasteiger partial charge in [-0.25, -0.2) is 4.98 Å². The van der Waals surface area contributed by atoms with Gasteiger partial charge in [0.05, 0.1) is 12.2 Å². The molecule has 4 aromatic rings. The largest absolute Gasteiger partial charge is 0.494 e. The minimum atomic E-state index is -4.99. The van der Waals surface area contributed by atoms with Gasteiger partial charge < -0.3 is 14.6 Å². The van der Waals surface area contributed by atoms with E-state index in [9.17, 15) is 22.8 Å². The number of nitrogens with one attached hydrogen (secondary N) is 1. The van der Waals surface area contributed by atoms with Crippen LogP contribution in [-0.4, -0.2) is 27.8 Å². The fraction of sp³-hybridized carbons (Fsp3) is 0.160. The molecule has 0 radical (unpaired) electrons. The zero-order valence-corrected chi connectivity index (χ0v) is 20.2. The van der Waals surface area contributed by atoms with E-state index in [1.54, 1.807) is 19.1 Å². The summed E-state index contributed by atoms with van der Waals surface area (Å²) >= 11 is 12.2. The Kier molecular flexibility index (Phi) is 7.23. The first kappa shape index (κ1) is 25.5. The molecule has 4 rings (SSSR count). The number of pyridine rings is 1. The molecule has 0 aliphatic carbocycles. The van der Waals surface area contributed by atoms with Crippen LogP contribution < -0.4 is 10.1 Å². The number of anilines is 1. The van der Waals surface area contributed by atoms with E-state index in [1.807, 2.05) is 0 Å². The lowest BCUT2D eigenvalue weighted by Crippen LogP contribution is -2.26. The quantitative estimate of drug-likeness (QED) is 0.213. The summed E-state index contributed by atoms with van der Waals surface area (Å²) in [6.45, 7) is 1.64. The lowest BCUT2D eigenvalue weighted by Gasteiger charge is -2.15. The van der Waals surface area contributed by atoms with Gasteiger partial charge in [-0.05, 0) is 55.0 Å². The second-order valence-corrected chi connectivity index (χ2v) is 8.50. The molecule has 1 amide bonds. The Morgan fingerprint density at radius 2 is 1.86 bits per heavy atom. The highest BCUT2D eigenvalue weighted by Gasteiger charge is 2.42. The van der Waals surface area contributed by atoms with Crippen LogP contribution in [0.5, 0.6) is 5.75 Å². The zero-order chi connectivity index (χ0) is 26.0. The zero-order valence-electron chi connectivity index (χ0n) is 18.7. The molecule has 6 nitrogen and oxygen atoms in total. The molecule has 0 aliphatic heterocycles. The maximum Gasteiger partial charge on any atom is 0.432 e. The molecule has 0 saturated heterocycles. The summed E-state index contributed by atoms with van der Waals surface area (Å²) < 4.78 is 49.9. The van der Waals surface area contributed by atoms with Gasteiger partial charge in [-0.1, -0.05) is 35.3 Å². The Labute approximate surface area is 213 Å². The number of Topliss-reactive ketones (excluding diaryl/α,β-unsaturated/α-hetero) is 1. The molecule has 0 spiro atoms. The van der Waals surface area contributed by atoms with E-state index in [2.05, 4.69) is 10.3 Å². The molecule has 186 valence electrons. The number of nitrogens with zero attached hydrogens (tertiary/aromatic N) is 2. The van der Waals surface area contributed by atoms with Gasteiger partial charge in [-0.15, -0.1) is 0 Å². The summed E-state index contributed by atoms with van der Waals surface area (Å²) in [6.07, 6.45) is -3.61. The average molecular weight is 536 g/mol. The fourth-order valence-corrected chi connectivity index (χ4v) is 4.29. The molecule has 1 N–H and O–H groups in total. The van der Waals surface area contributed by atoms with E-state index < -0.39 is 29.1 Å². The summed E-state index contributed by atoms with van der Waals surface area (Å²) in [5, 5.41) is 2.65. The normalized spacial score (nSPS) is 11.5. The number of carbonyl (C=O) groups excluding carboxylic acids is 2. The van der Waals surface area contributed by atoms with Crippen molar-refractivity contribution < 1.29 is 27.5 Å². The lowest BCUT2D eigenvalue weighted by molar-refractivity contribution is -0.143. The predicted octanol–water partition coefficient (Wildman–Crippen LogP) is 6.63. The van der Waals surface area contributed by atoms with Crippen molar-refractivity contribution in [1.29, 1.82) is 0 Å². The van der Waals surface area contributed by atoms with Gasteiger partial charge in [0, 0.05) is 33.7 Å². The molecule has 36 heavy (non-hydrogen) atoms. The Morgan fingerprint density at radius 3 is 2.50 bits per heavy atom. The van der Waals surface area contributed by atoms with E-state index in [4.69, 9.17) is 27.9 Å². The lowest BCUT2D eigenvalue weighted by atomic mass is 10.0.